The Bertz CT molecular complexity index is 438. The monoisotopic (exact) mass is 296 g/mol. The van der Waals surface area contributed by atoms with Gasteiger partial charge in [0.05, 0.1) is 13.2 Å². The van der Waals surface area contributed by atoms with Crippen LogP contribution in [0.4, 0.5) is 0 Å². The van der Waals surface area contributed by atoms with Crippen LogP contribution in [0.15, 0.2) is 18.2 Å². The number of thioether (sulfide) groups is 1. The van der Waals surface area contributed by atoms with Crippen molar-refractivity contribution in [2.75, 3.05) is 25.7 Å². The predicted octanol–water partition coefficient (Wildman–Crippen LogP) is 1.74. The molecule has 0 spiro atoms. The Balaban J connectivity index is 2.38. The van der Waals surface area contributed by atoms with Gasteiger partial charge in [0.25, 0.3) is 0 Å². The molecule has 4 nitrogen and oxygen atoms in total. The summed E-state index contributed by atoms with van der Waals surface area (Å²) >= 11 is 1.70. The minimum Gasteiger partial charge on any atom is -0.496 e. The highest BCUT2D eigenvalue weighted by molar-refractivity contribution is 7.98. The molecular weight excluding hydrogens is 272 g/mol. The number of benzene rings is 1. The fourth-order valence-corrected chi connectivity index (χ4v) is 2.35. The van der Waals surface area contributed by atoms with Crippen LogP contribution in [0.25, 0.3) is 0 Å². The number of amides is 1. The zero-order valence-corrected chi connectivity index (χ0v) is 13.3. The first-order chi connectivity index (χ1) is 9.58. The second-order valence-corrected chi connectivity index (χ2v) is 5.72. The summed E-state index contributed by atoms with van der Waals surface area (Å²) < 4.78 is 5.29. The van der Waals surface area contributed by atoms with Crippen molar-refractivity contribution in [3.8, 4) is 5.75 Å². The van der Waals surface area contributed by atoms with Gasteiger partial charge in [-0.2, -0.15) is 11.8 Å². The summed E-state index contributed by atoms with van der Waals surface area (Å²) in [5.74, 6) is 1.72. The number of methoxy groups -OCH3 is 1. The summed E-state index contributed by atoms with van der Waals surface area (Å²) in [5.41, 5.74) is 8.06. The Labute approximate surface area is 125 Å². The molecule has 0 unspecified atom stereocenters. The quantitative estimate of drug-likeness (QED) is 0.767. The summed E-state index contributed by atoms with van der Waals surface area (Å²) in [5, 5.41) is 2.88. The number of rotatable bonds is 8. The van der Waals surface area contributed by atoms with Gasteiger partial charge in [0.1, 0.15) is 5.75 Å². The molecule has 0 aromatic heterocycles. The lowest BCUT2D eigenvalue weighted by Crippen LogP contribution is -2.41. The van der Waals surface area contributed by atoms with E-state index in [9.17, 15) is 4.79 Å². The van der Waals surface area contributed by atoms with Crippen LogP contribution >= 0.6 is 11.8 Å². The van der Waals surface area contributed by atoms with Crippen molar-refractivity contribution in [1.82, 2.24) is 5.32 Å². The predicted molar refractivity (Wildman–Crippen MR) is 85.4 cm³/mol. The van der Waals surface area contributed by atoms with Crippen LogP contribution in [-0.2, 0) is 11.2 Å². The van der Waals surface area contributed by atoms with Crippen LogP contribution in [-0.4, -0.2) is 37.6 Å². The van der Waals surface area contributed by atoms with Gasteiger partial charge in [-0.05, 0) is 49.0 Å². The number of nitrogens with two attached hydrogens (primary N) is 1. The van der Waals surface area contributed by atoms with Gasteiger partial charge in [-0.1, -0.05) is 12.1 Å². The minimum absolute atomic E-state index is 0.0712. The Kier molecular flexibility index (Phi) is 7.47. The van der Waals surface area contributed by atoms with Crippen molar-refractivity contribution in [3.05, 3.63) is 29.3 Å². The lowest BCUT2D eigenvalue weighted by atomic mass is 10.1. The Hall–Kier alpha value is -1.20. The minimum atomic E-state index is -0.407. The first-order valence-electron chi connectivity index (χ1n) is 6.74. The number of carbonyl (C=O) groups is 1. The second-order valence-electron chi connectivity index (χ2n) is 4.73. The molecule has 1 aromatic rings. The normalized spacial score (nSPS) is 12.0. The highest BCUT2D eigenvalue weighted by Gasteiger charge is 2.11. The van der Waals surface area contributed by atoms with E-state index in [4.69, 9.17) is 10.5 Å². The largest absolute Gasteiger partial charge is 0.496 e. The zero-order valence-electron chi connectivity index (χ0n) is 12.4. The van der Waals surface area contributed by atoms with Gasteiger partial charge in [0.15, 0.2) is 0 Å². The maximum atomic E-state index is 11.7. The first-order valence-corrected chi connectivity index (χ1v) is 8.13. The second kappa shape index (κ2) is 8.87. The van der Waals surface area contributed by atoms with Crippen LogP contribution in [0, 0.1) is 6.92 Å². The van der Waals surface area contributed by atoms with Crippen LogP contribution in [0.3, 0.4) is 0 Å². The fraction of sp³-hybridized carbons (Fsp3) is 0.533. The molecule has 0 radical (unpaired) electrons. The van der Waals surface area contributed by atoms with Crippen molar-refractivity contribution < 1.29 is 9.53 Å². The van der Waals surface area contributed by atoms with Gasteiger partial charge in [-0.15, -0.1) is 0 Å². The summed E-state index contributed by atoms with van der Waals surface area (Å²) in [6, 6.07) is 5.68. The van der Waals surface area contributed by atoms with Gasteiger partial charge in [0.2, 0.25) is 5.91 Å². The summed E-state index contributed by atoms with van der Waals surface area (Å²) in [6.07, 6.45) is 3.50. The Morgan fingerprint density at radius 2 is 2.25 bits per heavy atom. The maximum Gasteiger partial charge on any atom is 0.236 e. The lowest BCUT2D eigenvalue weighted by Gasteiger charge is -2.12. The molecule has 1 atom stereocenters. The van der Waals surface area contributed by atoms with Crippen LogP contribution in [0.2, 0.25) is 0 Å². The molecule has 3 N–H and O–H groups in total. The van der Waals surface area contributed by atoms with Gasteiger partial charge in [0, 0.05) is 6.54 Å². The standard InChI is InChI=1S/C15H24N2O2S/c1-11-4-5-12(10-14(11)19-2)6-8-17-15(18)13(16)7-9-20-3/h4-5,10,13H,6-9,16H2,1-3H3,(H,17,18)/t13-/m0/s1. The van der Waals surface area contributed by atoms with Gasteiger partial charge in [-0.25, -0.2) is 0 Å². The average Bonchev–Trinajstić information content (AvgIpc) is 2.46. The number of ether oxygens (including phenoxy) is 1. The van der Waals surface area contributed by atoms with E-state index in [-0.39, 0.29) is 5.91 Å². The molecule has 0 aliphatic carbocycles. The first kappa shape index (κ1) is 16.9. The molecular formula is C15H24N2O2S. The molecule has 20 heavy (non-hydrogen) atoms. The summed E-state index contributed by atoms with van der Waals surface area (Å²) in [7, 11) is 1.67. The van der Waals surface area contributed by atoms with E-state index in [1.807, 2.05) is 25.3 Å². The Morgan fingerprint density at radius 1 is 1.50 bits per heavy atom. The molecule has 0 aliphatic rings. The molecule has 1 aromatic carbocycles. The molecule has 112 valence electrons. The van der Waals surface area contributed by atoms with E-state index in [1.54, 1.807) is 18.9 Å². The number of carbonyl (C=O) groups excluding carboxylic acids is 1. The molecule has 0 aliphatic heterocycles. The van der Waals surface area contributed by atoms with E-state index in [2.05, 4.69) is 11.4 Å². The van der Waals surface area contributed by atoms with E-state index >= 15 is 0 Å². The molecule has 1 amide bonds. The van der Waals surface area contributed by atoms with Crippen molar-refractivity contribution in [3.63, 3.8) is 0 Å². The lowest BCUT2D eigenvalue weighted by molar-refractivity contribution is -0.122. The van der Waals surface area contributed by atoms with E-state index in [1.165, 1.54) is 0 Å². The molecule has 0 saturated carbocycles. The fourth-order valence-electron chi connectivity index (χ4n) is 1.86. The van der Waals surface area contributed by atoms with Crippen LogP contribution in [0.5, 0.6) is 5.75 Å². The smallest absolute Gasteiger partial charge is 0.236 e. The number of aryl methyl sites for hydroxylation is 1. The Morgan fingerprint density at radius 3 is 2.90 bits per heavy atom. The van der Waals surface area contributed by atoms with Crippen molar-refractivity contribution in [2.24, 2.45) is 5.73 Å². The summed E-state index contributed by atoms with van der Waals surface area (Å²) in [6.45, 7) is 2.60. The average molecular weight is 296 g/mol. The third-order valence-corrected chi connectivity index (χ3v) is 3.80. The van der Waals surface area contributed by atoms with Gasteiger partial charge < -0.3 is 15.8 Å². The van der Waals surface area contributed by atoms with Crippen molar-refractivity contribution in [2.45, 2.75) is 25.8 Å². The summed E-state index contributed by atoms with van der Waals surface area (Å²) in [4.78, 5) is 11.7. The number of hydrogen-bond acceptors (Lipinski definition) is 4. The van der Waals surface area contributed by atoms with E-state index < -0.39 is 6.04 Å². The molecule has 0 bridgehead atoms. The topological polar surface area (TPSA) is 64.3 Å². The maximum absolute atomic E-state index is 11.7. The van der Waals surface area contributed by atoms with Crippen molar-refractivity contribution >= 4 is 17.7 Å². The number of hydrogen-bond donors (Lipinski definition) is 2. The molecule has 1 rings (SSSR count). The van der Waals surface area contributed by atoms with E-state index in [0.29, 0.717) is 13.0 Å². The van der Waals surface area contributed by atoms with Crippen LogP contribution in [0.1, 0.15) is 17.5 Å². The highest BCUT2D eigenvalue weighted by Crippen LogP contribution is 2.18. The zero-order chi connectivity index (χ0) is 15.0. The highest BCUT2D eigenvalue weighted by atomic mass is 32.2. The van der Waals surface area contributed by atoms with Crippen molar-refractivity contribution in [1.29, 1.82) is 0 Å². The third-order valence-electron chi connectivity index (χ3n) is 3.16. The number of nitrogens with one attached hydrogen (secondary N) is 1. The van der Waals surface area contributed by atoms with E-state index in [0.717, 1.165) is 29.1 Å². The van der Waals surface area contributed by atoms with Gasteiger partial charge in [-0.3, -0.25) is 4.79 Å². The molecule has 5 heteroatoms. The molecule has 0 fully saturated rings. The molecule has 0 heterocycles. The van der Waals surface area contributed by atoms with Gasteiger partial charge >= 0.3 is 0 Å². The SMILES string of the molecule is COc1cc(CCNC(=O)[C@@H](N)CCSC)ccc1C. The third kappa shape index (κ3) is 5.43. The molecule has 0 saturated heterocycles. The van der Waals surface area contributed by atoms with Crippen LogP contribution < -0.4 is 15.8 Å².